The molecule has 0 aliphatic carbocycles. The Morgan fingerprint density at radius 3 is 2.16 bits per heavy atom. The van der Waals surface area contributed by atoms with E-state index in [2.05, 4.69) is 46.9 Å². The molecule has 2 N–H and O–H groups in total. The normalized spacial score (nSPS) is 16.6. The Labute approximate surface area is 184 Å². The molecule has 3 rings (SSSR count). The van der Waals surface area contributed by atoms with E-state index in [1.54, 1.807) is 31.2 Å². The standard InChI is InChI=1S/C26H31NO4/c1-15-24(30)27-20-10-9-17(14-22(20)31-15)21(28)11-8-16-12-18(25(2,3)4)23(29)19(13-16)26(5,6)7/h8-15,29H,1-7H3,(H,27,30). The smallest absolute Gasteiger partial charge is 0.265 e. The van der Waals surface area contributed by atoms with E-state index in [0.29, 0.717) is 22.7 Å². The second-order valence-corrected chi connectivity index (χ2v) is 10.1. The van der Waals surface area contributed by atoms with E-state index in [0.717, 1.165) is 16.7 Å². The summed E-state index contributed by atoms with van der Waals surface area (Å²) in [7, 11) is 0. The molecule has 1 amide bonds. The number of hydrogen-bond donors (Lipinski definition) is 2. The number of phenols is 1. The van der Waals surface area contributed by atoms with Crippen LogP contribution in [-0.2, 0) is 15.6 Å². The number of benzene rings is 2. The zero-order chi connectivity index (χ0) is 23.1. The molecular formula is C26H31NO4. The summed E-state index contributed by atoms with van der Waals surface area (Å²) in [4.78, 5) is 24.5. The van der Waals surface area contributed by atoms with Crippen molar-refractivity contribution < 1.29 is 19.4 Å². The fraction of sp³-hybridized carbons (Fsp3) is 0.385. The summed E-state index contributed by atoms with van der Waals surface area (Å²) in [5.41, 5.74) is 3.11. The molecule has 0 saturated heterocycles. The largest absolute Gasteiger partial charge is 0.507 e. The van der Waals surface area contributed by atoms with Gasteiger partial charge in [0.2, 0.25) is 0 Å². The second kappa shape index (κ2) is 7.88. The number of aromatic hydroxyl groups is 1. The predicted octanol–water partition coefficient (Wildman–Crippen LogP) is 5.60. The first kappa shape index (κ1) is 22.6. The van der Waals surface area contributed by atoms with E-state index in [1.165, 1.54) is 6.08 Å². The lowest BCUT2D eigenvalue weighted by Gasteiger charge is -2.27. The highest BCUT2D eigenvalue weighted by atomic mass is 16.5. The van der Waals surface area contributed by atoms with Crippen molar-refractivity contribution in [1.29, 1.82) is 0 Å². The van der Waals surface area contributed by atoms with Crippen molar-refractivity contribution in [3.8, 4) is 11.5 Å². The van der Waals surface area contributed by atoms with Crippen LogP contribution in [0.4, 0.5) is 5.69 Å². The van der Waals surface area contributed by atoms with Gasteiger partial charge in [0, 0.05) is 16.7 Å². The third-order valence-corrected chi connectivity index (χ3v) is 5.37. The highest BCUT2D eigenvalue weighted by Crippen LogP contribution is 2.40. The summed E-state index contributed by atoms with van der Waals surface area (Å²) in [6.07, 6.45) is 2.70. The van der Waals surface area contributed by atoms with Crippen LogP contribution in [0.1, 0.15) is 75.5 Å². The monoisotopic (exact) mass is 421 g/mol. The molecule has 2 aromatic carbocycles. The number of ketones is 1. The van der Waals surface area contributed by atoms with Crippen LogP contribution in [-0.4, -0.2) is 22.9 Å². The Bertz CT molecular complexity index is 1030. The van der Waals surface area contributed by atoms with Crippen LogP contribution in [0.25, 0.3) is 6.08 Å². The maximum absolute atomic E-state index is 12.8. The molecule has 5 nitrogen and oxygen atoms in total. The van der Waals surface area contributed by atoms with E-state index in [4.69, 9.17) is 4.74 Å². The van der Waals surface area contributed by atoms with Crippen LogP contribution in [0.5, 0.6) is 11.5 Å². The Balaban J connectivity index is 1.94. The number of fused-ring (bicyclic) bond motifs is 1. The summed E-state index contributed by atoms with van der Waals surface area (Å²) in [6, 6.07) is 8.86. The van der Waals surface area contributed by atoms with Gasteiger partial charge in [0.25, 0.3) is 5.91 Å². The molecule has 0 fully saturated rings. The summed E-state index contributed by atoms with van der Waals surface area (Å²) in [6.45, 7) is 14.0. The SMILES string of the molecule is CC1Oc2cc(C(=O)C=Cc3cc(C(C)(C)C)c(O)c(C(C)(C)C)c3)ccc2NC1=O. The molecular weight excluding hydrogens is 390 g/mol. The van der Waals surface area contributed by atoms with Crippen LogP contribution in [0.3, 0.4) is 0 Å². The number of phenolic OH excluding ortho intramolecular Hbond substituents is 1. The van der Waals surface area contributed by atoms with E-state index in [9.17, 15) is 14.7 Å². The Kier molecular flexibility index (Phi) is 5.74. The van der Waals surface area contributed by atoms with Crippen LogP contribution in [0, 0.1) is 0 Å². The second-order valence-electron chi connectivity index (χ2n) is 10.1. The van der Waals surface area contributed by atoms with Crippen LogP contribution < -0.4 is 10.1 Å². The Hall–Kier alpha value is -3.08. The zero-order valence-corrected chi connectivity index (χ0v) is 19.3. The topological polar surface area (TPSA) is 75.6 Å². The lowest BCUT2D eigenvalue weighted by atomic mass is 9.78. The lowest BCUT2D eigenvalue weighted by Crippen LogP contribution is -2.34. The molecule has 5 heteroatoms. The molecule has 0 saturated carbocycles. The number of carbonyl (C=O) groups is 2. The minimum Gasteiger partial charge on any atom is -0.507 e. The van der Waals surface area contributed by atoms with Gasteiger partial charge in [-0.05, 0) is 59.7 Å². The van der Waals surface area contributed by atoms with Crippen molar-refractivity contribution in [2.45, 2.75) is 65.4 Å². The summed E-state index contributed by atoms with van der Waals surface area (Å²) in [5, 5.41) is 13.6. The van der Waals surface area contributed by atoms with Crippen molar-refractivity contribution >= 4 is 23.5 Å². The fourth-order valence-corrected chi connectivity index (χ4v) is 3.52. The predicted molar refractivity (Wildman–Crippen MR) is 124 cm³/mol. The molecule has 31 heavy (non-hydrogen) atoms. The molecule has 2 aromatic rings. The van der Waals surface area contributed by atoms with Crippen molar-refractivity contribution in [1.82, 2.24) is 0 Å². The third kappa shape index (κ3) is 4.82. The van der Waals surface area contributed by atoms with Gasteiger partial charge in [-0.1, -0.05) is 47.6 Å². The van der Waals surface area contributed by atoms with Crippen molar-refractivity contribution in [2.24, 2.45) is 0 Å². The van der Waals surface area contributed by atoms with Gasteiger partial charge < -0.3 is 15.2 Å². The molecule has 1 aliphatic rings. The summed E-state index contributed by atoms with van der Waals surface area (Å²) >= 11 is 0. The molecule has 0 radical (unpaired) electrons. The van der Waals surface area contributed by atoms with Crippen molar-refractivity contribution in [3.63, 3.8) is 0 Å². The van der Waals surface area contributed by atoms with Gasteiger partial charge in [0.1, 0.15) is 11.5 Å². The molecule has 0 aromatic heterocycles. The van der Waals surface area contributed by atoms with Gasteiger partial charge in [-0.2, -0.15) is 0 Å². The van der Waals surface area contributed by atoms with Gasteiger partial charge in [-0.3, -0.25) is 9.59 Å². The van der Waals surface area contributed by atoms with Crippen LogP contribution >= 0.6 is 0 Å². The van der Waals surface area contributed by atoms with Crippen LogP contribution in [0.15, 0.2) is 36.4 Å². The fourth-order valence-electron chi connectivity index (χ4n) is 3.52. The van der Waals surface area contributed by atoms with Crippen LogP contribution in [0.2, 0.25) is 0 Å². The zero-order valence-electron chi connectivity index (χ0n) is 19.3. The van der Waals surface area contributed by atoms with Crippen molar-refractivity contribution in [2.75, 3.05) is 5.32 Å². The minimum absolute atomic E-state index is 0.168. The van der Waals surface area contributed by atoms with Gasteiger partial charge in [0.15, 0.2) is 11.9 Å². The number of allylic oxidation sites excluding steroid dienone is 1. The van der Waals surface area contributed by atoms with Crippen molar-refractivity contribution in [3.05, 3.63) is 58.7 Å². The highest BCUT2D eigenvalue weighted by molar-refractivity contribution is 6.08. The number of amides is 1. The number of nitrogens with one attached hydrogen (secondary N) is 1. The molecule has 164 valence electrons. The molecule has 1 heterocycles. The van der Waals surface area contributed by atoms with Gasteiger partial charge in [-0.15, -0.1) is 0 Å². The number of carbonyl (C=O) groups excluding carboxylic acids is 2. The van der Waals surface area contributed by atoms with Gasteiger partial charge in [-0.25, -0.2) is 0 Å². The molecule has 1 unspecified atom stereocenters. The van der Waals surface area contributed by atoms with E-state index in [-0.39, 0.29) is 22.5 Å². The maximum Gasteiger partial charge on any atom is 0.265 e. The number of ether oxygens (including phenoxy) is 1. The highest BCUT2D eigenvalue weighted by Gasteiger charge is 2.26. The van der Waals surface area contributed by atoms with E-state index < -0.39 is 6.10 Å². The Morgan fingerprint density at radius 1 is 1.03 bits per heavy atom. The number of rotatable bonds is 3. The van der Waals surface area contributed by atoms with E-state index in [1.807, 2.05) is 12.1 Å². The minimum atomic E-state index is -0.600. The molecule has 1 aliphatic heterocycles. The summed E-state index contributed by atoms with van der Waals surface area (Å²) < 4.78 is 5.60. The first-order chi connectivity index (χ1) is 14.3. The average Bonchev–Trinajstić information content (AvgIpc) is 2.65. The van der Waals surface area contributed by atoms with Gasteiger partial charge in [0.05, 0.1) is 5.69 Å². The lowest BCUT2D eigenvalue weighted by molar-refractivity contribution is -0.122. The molecule has 0 spiro atoms. The third-order valence-electron chi connectivity index (χ3n) is 5.37. The first-order valence-electron chi connectivity index (χ1n) is 10.5. The Morgan fingerprint density at radius 2 is 1.61 bits per heavy atom. The molecule has 1 atom stereocenters. The van der Waals surface area contributed by atoms with E-state index >= 15 is 0 Å². The first-order valence-corrected chi connectivity index (χ1v) is 10.5. The maximum atomic E-state index is 12.8. The summed E-state index contributed by atoms with van der Waals surface area (Å²) in [5.74, 6) is 0.425. The molecule has 0 bridgehead atoms. The average molecular weight is 422 g/mol. The number of hydrogen-bond acceptors (Lipinski definition) is 4. The number of anilines is 1. The van der Waals surface area contributed by atoms with Gasteiger partial charge >= 0.3 is 0 Å². The quantitative estimate of drug-likeness (QED) is 0.499.